The van der Waals surface area contributed by atoms with Crippen LogP contribution in [0.5, 0.6) is 0 Å². The van der Waals surface area contributed by atoms with E-state index in [0.29, 0.717) is 0 Å². The van der Waals surface area contributed by atoms with E-state index in [1.54, 1.807) is 0 Å². The highest BCUT2D eigenvalue weighted by Gasteiger charge is 1.78. The third-order valence-electron chi connectivity index (χ3n) is 0.903. The first-order chi connectivity index (χ1) is 5.35. The third kappa shape index (κ3) is 5.63. The van der Waals surface area contributed by atoms with Gasteiger partial charge in [0.15, 0.2) is 0 Å². The maximum absolute atomic E-state index is 8.29. The van der Waals surface area contributed by atoms with Crippen molar-refractivity contribution < 1.29 is 8.42 Å². The van der Waals surface area contributed by atoms with E-state index in [1.165, 1.54) is 0 Å². The minimum absolute atomic E-state index is 0.750. The smallest absolute Gasteiger partial charge is 0.332 e. The number of hydrogen-bond donors (Lipinski definition) is 2. The average molecular weight is 189 g/mol. The molecule has 60 valence electrons. The Morgan fingerprint density at radius 1 is 1.18 bits per heavy atom. The summed E-state index contributed by atoms with van der Waals surface area (Å²) in [5.74, 6) is 0. The molecule has 0 aromatic heterocycles. The molecule has 1 aromatic rings. The van der Waals surface area contributed by atoms with Crippen LogP contribution in [0.25, 0.3) is 0 Å². The van der Waals surface area contributed by atoms with Crippen molar-refractivity contribution in [1.29, 1.82) is 0 Å². The first-order valence-corrected chi connectivity index (χ1v) is 3.83. The molecule has 0 fully saturated rings. The zero-order valence-electron chi connectivity index (χ0n) is 5.56. The van der Waals surface area contributed by atoms with E-state index >= 15 is 0 Å². The van der Waals surface area contributed by atoms with E-state index in [-0.39, 0.29) is 0 Å². The number of benzene rings is 1. The van der Waals surface area contributed by atoms with Gasteiger partial charge in [-0.3, -0.25) is 0 Å². The van der Waals surface area contributed by atoms with Gasteiger partial charge in [-0.15, -0.1) is 0 Å². The van der Waals surface area contributed by atoms with Crippen LogP contribution in [0.1, 0.15) is 0 Å². The Bertz CT molecular complexity index is 221. The highest BCUT2D eigenvalue weighted by atomic mass is 32.1. The molecule has 0 heterocycles. The average Bonchev–Trinajstić information content (AvgIpc) is 2.08. The normalized spacial score (nSPS) is 7.36. The van der Waals surface area contributed by atoms with Gasteiger partial charge in [0.2, 0.25) is 0 Å². The van der Waals surface area contributed by atoms with Crippen LogP contribution in [0.3, 0.4) is 0 Å². The van der Waals surface area contributed by atoms with Crippen molar-refractivity contribution >= 4 is 30.1 Å². The monoisotopic (exact) mass is 189 g/mol. The van der Waals surface area contributed by atoms with Gasteiger partial charge in [-0.2, -0.15) is 8.42 Å². The van der Waals surface area contributed by atoms with E-state index in [2.05, 4.69) is 17.5 Å². The first kappa shape index (κ1) is 10.2. The van der Waals surface area contributed by atoms with Crippen molar-refractivity contribution in [2.24, 2.45) is 0 Å². The summed E-state index contributed by atoms with van der Waals surface area (Å²) in [5.41, 5.74) is 1.02. The van der Waals surface area contributed by atoms with Crippen LogP contribution in [0.15, 0.2) is 30.3 Å². The molecule has 5 heteroatoms. The van der Waals surface area contributed by atoms with Crippen molar-refractivity contribution in [1.82, 2.24) is 0 Å². The van der Waals surface area contributed by atoms with Crippen molar-refractivity contribution in [2.45, 2.75) is 0 Å². The fraction of sp³-hybridized carbons (Fsp3) is 0. The van der Waals surface area contributed by atoms with Crippen LogP contribution in [0, 0.1) is 0 Å². The Balaban J connectivity index is 0.000000292. The van der Waals surface area contributed by atoms with Gasteiger partial charge in [-0.1, -0.05) is 31.0 Å². The molecule has 0 spiro atoms. The van der Waals surface area contributed by atoms with Crippen LogP contribution >= 0.6 is 12.8 Å². The molecule has 0 saturated heterocycles. The predicted octanol–water partition coefficient (Wildman–Crippen LogP) is 1.27. The molecule has 0 saturated carbocycles. The summed E-state index contributed by atoms with van der Waals surface area (Å²) in [6, 6.07) is 9.78. The molecular formula is C6H7NO2S2. The highest BCUT2D eigenvalue weighted by molar-refractivity contribution is 7.81. The van der Waals surface area contributed by atoms with Crippen molar-refractivity contribution in [3.8, 4) is 0 Å². The third-order valence-corrected chi connectivity index (χ3v) is 1.16. The predicted molar refractivity (Wildman–Crippen MR) is 48.0 cm³/mol. The van der Waals surface area contributed by atoms with E-state index in [9.17, 15) is 0 Å². The number of rotatable bonds is 1. The van der Waals surface area contributed by atoms with Crippen molar-refractivity contribution in [2.75, 3.05) is 4.72 Å². The van der Waals surface area contributed by atoms with Crippen LogP contribution in [0.2, 0.25) is 0 Å². The lowest BCUT2D eigenvalue weighted by molar-refractivity contribution is 0.630. The zero-order valence-corrected chi connectivity index (χ0v) is 7.27. The molecule has 0 atom stereocenters. The Hall–Kier alpha value is -0.810. The molecule has 1 N–H and O–H groups in total. The fourth-order valence-corrected chi connectivity index (χ4v) is 0.662. The van der Waals surface area contributed by atoms with E-state index in [1.807, 2.05) is 30.3 Å². The van der Waals surface area contributed by atoms with Gasteiger partial charge in [0, 0.05) is 5.69 Å². The Morgan fingerprint density at radius 3 is 1.91 bits per heavy atom. The Labute approximate surface area is 74.0 Å². The summed E-state index contributed by atoms with van der Waals surface area (Å²) in [6.07, 6.45) is 0. The molecule has 1 aromatic carbocycles. The van der Waals surface area contributed by atoms with E-state index < -0.39 is 11.6 Å². The van der Waals surface area contributed by atoms with Crippen molar-refractivity contribution in [3.63, 3.8) is 0 Å². The number of thiol groups is 1. The molecular weight excluding hydrogens is 182 g/mol. The van der Waals surface area contributed by atoms with Crippen LogP contribution in [-0.4, -0.2) is 8.42 Å². The molecule has 0 aliphatic rings. The molecule has 0 amide bonds. The zero-order chi connectivity index (χ0) is 8.53. The molecule has 0 aliphatic carbocycles. The number of nitrogens with one attached hydrogen (secondary N) is 1. The Morgan fingerprint density at radius 2 is 1.64 bits per heavy atom. The van der Waals surface area contributed by atoms with E-state index in [0.717, 1.165) is 5.69 Å². The molecule has 0 aliphatic heterocycles. The summed E-state index contributed by atoms with van der Waals surface area (Å²) in [6.45, 7) is 0. The molecule has 1 rings (SSSR count). The van der Waals surface area contributed by atoms with Gasteiger partial charge in [-0.05, 0) is 12.1 Å². The second-order valence-electron chi connectivity index (χ2n) is 1.55. The van der Waals surface area contributed by atoms with Gasteiger partial charge < -0.3 is 4.72 Å². The largest absolute Gasteiger partial charge is 0.335 e. The van der Waals surface area contributed by atoms with E-state index in [4.69, 9.17) is 8.42 Å². The lowest BCUT2D eigenvalue weighted by Gasteiger charge is -1.92. The van der Waals surface area contributed by atoms with Crippen LogP contribution in [0.4, 0.5) is 5.69 Å². The molecule has 0 bridgehead atoms. The second kappa shape index (κ2) is 7.30. The van der Waals surface area contributed by atoms with Gasteiger partial charge >= 0.3 is 11.6 Å². The second-order valence-corrected chi connectivity index (χ2v) is 1.91. The van der Waals surface area contributed by atoms with Crippen molar-refractivity contribution in [3.05, 3.63) is 30.3 Å². The maximum atomic E-state index is 8.29. The first-order valence-electron chi connectivity index (χ1n) is 2.72. The maximum Gasteiger partial charge on any atom is 0.335 e. The quantitative estimate of drug-likeness (QED) is 0.654. The molecule has 11 heavy (non-hydrogen) atoms. The van der Waals surface area contributed by atoms with Gasteiger partial charge in [0.25, 0.3) is 0 Å². The minimum atomic E-state index is -0.750. The fourth-order valence-electron chi connectivity index (χ4n) is 0.513. The molecule has 0 radical (unpaired) electrons. The van der Waals surface area contributed by atoms with Gasteiger partial charge in [0.1, 0.15) is 0 Å². The summed E-state index contributed by atoms with van der Waals surface area (Å²) in [4.78, 5) is 0. The number of para-hydroxylation sites is 1. The number of hydrogen-bond acceptors (Lipinski definition) is 4. The lowest BCUT2D eigenvalue weighted by Crippen LogP contribution is -1.75. The van der Waals surface area contributed by atoms with Gasteiger partial charge in [-0.25, -0.2) is 0 Å². The SMILES string of the molecule is O=S=O.SNc1ccccc1. The summed E-state index contributed by atoms with van der Waals surface area (Å²) < 4.78 is 19.3. The standard InChI is InChI=1S/C6H7NS.O2S/c8-7-6-4-2-1-3-5-6;1-3-2/h1-5,7-8H;. The lowest BCUT2D eigenvalue weighted by atomic mass is 10.3. The van der Waals surface area contributed by atoms with Crippen LogP contribution in [-0.2, 0) is 11.6 Å². The summed E-state index contributed by atoms with van der Waals surface area (Å²) in [5, 5.41) is 0. The highest BCUT2D eigenvalue weighted by Crippen LogP contribution is 2.04. The number of anilines is 1. The topological polar surface area (TPSA) is 46.2 Å². The van der Waals surface area contributed by atoms with Gasteiger partial charge in [0.05, 0.1) is 0 Å². The molecule has 0 unspecified atom stereocenters. The summed E-state index contributed by atoms with van der Waals surface area (Å²) in [7, 11) is 0. The minimum Gasteiger partial charge on any atom is -0.332 e. The summed E-state index contributed by atoms with van der Waals surface area (Å²) >= 11 is 3.11. The molecule has 3 nitrogen and oxygen atoms in total. The van der Waals surface area contributed by atoms with Crippen LogP contribution < -0.4 is 4.72 Å². The Kier molecular flexibility index (Phi) is 6.76.